The van der Waals surface area contributed by atoms with Gasteiger partial charge in [-0.3, -0.25) is 4.79 Å². The van der Waals surface area contributed by atoms with Crippen LogP contribution in [0.15, 0.2) is 39.5 Å². The minimum atomic E-state index is -0.426. The first-order chi connectivity index (χ1) is 7.66. The number of nitrogens with one attached hydrogen (secondary N) is 1. The molecule has 1 aromatic heterocycles. The third-order valence-corrected chi connectivity index (χ3v) is 2.18. The molecule has 4 heteroatoms. The third kappa shape index (κ3) is 2.11. The lowest BCUT2D eigenvalue weighted by atomic mass is 10.2. The zero-order valence-corrected chi connectivity index (χ0v) is 8.82. The highest BCUT2D eigenvalue weighted by molar-refractivity contribution is 5.91. The SMILES string of the molecule is CC(=O)CNc1cc(=O)oc2ccccc12. The molecular weight excluding hydrogens is 206 g/mol. The molecule has 0 aliphatic heterocycles. The van der Waals surface area contributed by atoms with Crippen LogP contribution in [0.1, 0.15) is 6.92 Å². The number of benzene rings is 1. The van der Waals surface area contributed by atoms with Crippen molar-refractivity contribution in [1.29, 1.82) is 0 Å². The van der Waals surface area contributed by atoms with E-state index in [0.29, 0.717) is 11.3 Å². The quantitative estimate of drug-likeness (QED) is 0.796. The van der Waals surface area contributed by atoms with Gasteiger partial charge >= 0.3 is 5.63 Å². The number of hydrogen-bond acceptors (Lipinski definition) is 4. The molecular formula is C12H11NO3. The number of Topliss-reactive ketones (excluding diaryl/α,β-unsaturated/α-hetero) is 1. The van der Waals surface area contributed by atoms with E-state index < -0.39 is 5.63 Å². The second-order valence-electron chi connectivity index (χ2n) is 3.53. The Balaban J connectivity index is 2.50. The van der Waals surface area contributed by atoms with Gasteiger partial charge < -0.3 is 9.73 Å². The Morgan fingerprint density at radius 1 is 1.38 bits per heavy atom. The Kier molecular flexibility index (Phi) is 2.72. The lowest BCUT2D eigenvalue weighted by Crippen LogP contribution is -2.11. The molecule has 2 rings (SSSR count). The van der Waals surface area contributed by atoms with E-state index in [9.17, 15) is 9.59 Å². The van der Waals surface area contributed by atoms with Crippen molar-refractivity contribution < 1.29 is 9.21 Å². The number of carbonyl (C=O) groups excluding carboxylic acids is 1. The molecule has 2 aromatic rings. The number of hydrogen-bond donors (Lipinski definition) is 1. The van der Waals surface area contributed by atoms with Gasteiger partial charge in [0, 0.05) is 11.5 Å². The van der Waals surface area contributed by atoms with Gasteiger partial charge in [-0.25, -0.2) is 4.79 Å². The Bertz CT molecular complexity index is 586. The molecule has 16 heavy (non-hydrogen) atoms. The standard InChI is InChI=1S/C12H11NO3/c1-8(14)7-13-10-6-12(15)16-11-5-3-2-4-9(10)11/h2-6,13H,7H2,1H3. The molecule has 1 aromatic carbocycles. The summed E-state index contributed by atoms with van der Waals surface area (Å²) in [5.74, 6) is 0.0114. The predicted octanol–water partition coefficient (Wildman–Crippen LogP) is 1.79. The smallest absolute Gasteiger partial charge is 0.338 e. The Labute approximate surface area is 91.9 Å². The molecule has 0 spiro atoms. The first-order valence-corrected chi connectivity index (χ1v) is 4.93. The topological polar surface area (TPSA) is 59.3 Å². The minimum Gasteiger partial charge on any atom is -0.423 e. The monoisotopic (exact) mass is 217 g/mol. The Morgan fingerprint density at radius 2 is 2.12 bits per heavy atom. The average Bonchev–Trinajstić information content (AvgIpc) is 2.25. The first-order valence-electron chi connectivity index (χ1n) is 4.93. The van der Waals surface area contributed by atoms with Crippen LogP contribution < -0.4 is 10.9 Å². The van der Waals surface area contributed by atoms with E-state index in [4.69, 9.17) is 4.42 Å². The highest BCUT2D eigenvalue weighted by Crippen LogP contribution is 2.20. The second kappa shape index (κ2) is 4.18. The van der Waals surface area contributed by atoms with E-state index in [1.54, 1.807) is 12.1 Å². The van der Waals surface area contributed by atoms with Crippen molar-refractivity contribution in [3.05, 3.63) is 40.8 Å². The Hall–Kier alpha value is -2.10. The maximum absolute atomic E-state index is 11.3. The number of rotatable bonds is 3. The number of anilines is 1. The number of para-hydroxylation sites is 1. The van der Waals surface area contributed by atoms with Crippen molar-refractivity contribution in [2.75, 3.05) is 11.9 Å². The molecule has 82 valence electrons. The molecule has 0 atom stereocenters. The molecule has 0 fully saturated rings. The van der Waals surface area contributed by atoms with Crippen LogP contribution in [0.25, 0.3) is 11.0 Å². The first kappa shape index (κ1) is 10.4. The van der Waals surface area contributed by atoms with Crippen molar-refractivity contribution in [2.45, 2.75) is 6.92 Å². The zero-order chi connectivity index (χ0) is 11.5. The Morgan fingerprint density at radius 3 is 2.88 bits per heavy atom. The number of ketones is 1. The molecule has 0 unspecified atom stereocenters. The molecule has 1 heterocycles. The van der Waals surface area contributed by atoms with E-state index in [1.807, 2.05) is 12.1 Å². The van der Waals surface area contributed by atoms with E-state index in [1.165, 1.54) is 13.0 Å². The van der Waals surface area contributed by atoms with Crippen LogP contribution in [0.4, 0.5) is 5.69 Å². The maximum Gasteiger partial charge on any atom is 0.338 e. The van der Waals surface area contributed by atoms with Gasteiger partial charge in [-0.2, -0.15) is 0 Å². The summed E-state index contributed by atoms with van der Waals surface area (Å²) >= 11 is 0. The summed E-state index contributed by atoms with van der Waals surface area (Å²) in [5.41, 5.74) is 0.716. The maximum atomic E-state index is 11.3. The van der Waals surface area contributed by atoms with Gasteiger partial charge in [0.1, 0.15) is 11.4 Å². The summed E-state index contributed by atoms with van der Waals surface area (Å²) in [5, 5.41) is 3.71. The number of carbonyl (C=O) groups is 1. The largest absolute Gasteiger partial charge is 0.423 e. The normalized spacial score (nSPS) is 10.3. The van der Waals surface area contributed by atoms with Crippen molar-refractivity contribution in [3.63, 3.8) is 0 Å². The van der Waals surface area contributed by atoms with Crippen LogP contribution >= 0.6 is 0 Å². The second-order valence-corrected chi connectivity index (χ2v) is 3.53. The highest BCUT2D eigenvalue weighted by atomic mass is 16.4. The van der Waals surface area contributed by atoms with Gasteiger partial charge in [0.2, 0.25) is 0 Å². The average molecular weight is 217 g/mol. The summed E-state index contributed by atoms with van der Waals surface area (Å²) in [4.78, 5) is 22.1. The van der Waals surface area contributed by atoms with Crippen molar-refractivity contribution >= 4 is 22.4 Å². The van der Waals surface area contributed by atoms with Crippen LogP contribution in [-0.2, 0) is 4.79 Å². The highest BCUT2D eigenvalue weighted by Gasteiger charge is 2.04. The van der Waals surface area contributed by atoms with E-state index in [0.717, 1.165) is 5.39 Å². The minimum absolute atomic E-state index is 0.0114. The number of fused-ring (bicyclic) bond motifs is 1. The predicted molar refractivity (Wildman–Crippen MR) is 61.7 cm³/mol. The van der Waals surface area contributed by atoms with Crippen LogP contribution in [-0.4, -0.2) is 12.3 Å². The summed E-state index contributed by atoms with van der Waals surface area (Å²) in [6.45, 7) is 1.69. The lowest BCUT2D eigenvalue weighted by molar-refractivity contribution is -0.115. The summed E-state index contributed by atoms with van der Waals surface area (Å²) in [7, 11) is 0. The molecule has 0 radical (unpaired) electrons. The fraction of sp³-hybridized carbons (Fsp3) is 0.167. The molecule has 0 bridgehead atoms. The molecule has 0 saturated heterocycles. The molecule has 0 aliphatic carbocycles. The van der Waals surface area contributed by atoms with Gasteiger partial charge in [-0.15, -0.1) is 0 Å². The summed E-state index contributed by atoms with van der Waals surface area (Å²) in [6.07, 6.45) is 0. The van der Waals surface area contributed by atoms with Crippen molar-refractivity contribution in [1.82, 2.24) is 0 Å². The fourth-order valence-electron chi connectivity index (χ4n) is 1.48. The molecule has 0 amide bonds. The van der Waals surface area contributed by atoms with Crippen LogP contribution in [0.5, 0.6) is 0 Å². The zero-order valence-electron chi connectivity index (χ0n) is 8.82. The molecule has 0 saturated carbocycles. The van der Waals surface area contributed by atoms with Crippen molar-refractivity contribution in [3.8, 4) is 0 Å². The van der Waals surface area contributed by atoms with Gasteiger partial charge in [0.15, 0.2) is 0 Å². The van der Waals surface area contributed by atoms with Crippen LogP contribution in [0.2, 0.25) is 0 Å². The van der Waals surface area contributed by atoms with Gasteiger partial charge in [-0.1, -0.05) is 12.1 Å². The molecule has 1 N–H and O–H groups in total. The van der Waals surface area contributed by atoms with Gasteiger partial charge in [-0.05, 0) is 19.1 Å². The van der Waals surface area contributed by atoms with Gasteiger partial charge in [0.05, 0.1) is 12.2 Å². The summed E-state index contributed by atoms with van der Waals surface area (Å²) < 4.78 is 5.03. The van der Waals surface area contributed by atoms with Crippen LogP contribution in [0.3, 0.4) is 0 Å². The van der Waals surface area contributed by atoms with E-state index in [2.05, 4.69) is 5.32 Å². The van der Waals surface area contributed by atoms with Crippen molar-refractivity contribution in [2.24, 2.45) is 0 Å². The summed E-state index contributed by atoms with van der Waals surface area (Å²) in [6, 6.07) is 8.54. The van der Waals surface area contributed by atoms with E-state index in [-0.39, 0.29) is 12.3 Å². The molecule has 4 nitrogen and oxygen atoms in total. The third-order valence-electron chi connectivity index (χ3n) is 2.18. The van der Waals surface area contributed by atoms with Gasteiger partial charge in [0.25, 0.3) is 0 Å². The molecule has 0 aliphatic rings. The lowest BCUT2D eigenvalue weighted by Gasteiger charge is -2.06. The fourth-order valence-corrected chi connectivity index (χ4v) is 1.48. The van der Waals surface area contributed by atoms with Crippen LogP contribution in [0, 0.1) is 0 Å². The van der Waals surface area contributed by atoms with E-state index >= 15 is 0 Å².